The predicted octanol–water partition coefficient (Wildman–Crippen LogP) is 3.73. The summed E-state index contributed by atoms with van der Waals surface area (Å²) < 4.78 is 5.57. The molecule has 0 saturated heterocycles. The zero-order valence-corrected chi connectivity index (χ0v) is 9.85. The van der Waals surface area contributed by atoms with Gasteiger partial charge in [0.25, 0.3) is 0 Å². The minimum Gasteiger partial charge on any atom is -0.489 e. The van der Waals surface area contributed by atoms with E-state index in [4.69, 9.17) is 16.3 Å². The van der Waals surface area contributed by atoms with Crippen LogP contribution in [0.4, 0.5) is 0 Å². The molecule has 2 aromatic carbocycles. The first-order valence-corrected chi connectivity index (χ1v) is 5.59. The van der Waals surface area contributed by atoms with Gasteiger partial charge in [0, 0.05) is 16.1 Å². The Hall–Kier alpha value is -1.80. The van der Waals surface area contributed by atoms with Crippen molar-refractivity contribution in [2.45, 2.75) is 6.61 Å². The van der Waals surface area contributed by atoms with Gasteiger partial charge in [0.05, 0.1) is 0 Å². The van der Waals surface area contributed by atoms with E-state index < -0.39 is 0 Å². The van der Waals surface area contributed by atoms with E-state index in [-0.39, 0.29) is 0 Å². The zero-order chi connectivity index (χ0) is 12.1. The second-order valence-corrected chi connectivity index (χ2v) is 3.97. The number of hydrogen-bond donors (Lipinski definition) is 0. The van der Waals surface area contributed by atoms with Crippen LogP contribution in [0.3, 0.4) is 0 Å². The molecular weight excluding hydrogens is 236 g/mol. The highest BCUT2D eigenvalue weighted by molar-refractivity contribution is 6.31. The van der Waals surface area contributed by atoms with Crippen LogP contribution < -0.4 is 4.74 Å². The van der Waals surface area contributed by atoms with Crippen molar-refractivity contribution in [3.8, 4) is 5.75 Å². The summed E-state index contributed by atoms with van der Waals surface area (Å²) in [6, 6.07) is 14.5. The third kappa shape index (κ3) is 3.08. The average Bonchev–Trinajstić information content (AvgIpc) is 2.38. The number of benzene rings is 2. The molecule has 0 aliphatic carbocycles. The lowest BCUT2D eigenvalue weighted by Gasteiger charge is -2.07. The van der Waals surface area contributed by atoms with Crippen molar-refractivity contribution >= 4 is 17.9 Å². The molecular formula is C14H11ClO2. The van der Waals surface area contributed by atoms with Crippen LogP contribution in [0.1, 0.15) is 15.9 Å². The molecule has 86 valence electrons. The molecule has 2 aromatic rings. The van der Waals surface area contributed by atoms with Gasteiger partial charge in [0.2, 0.25) is 0 Å². The summed E-state index contributed by atoms with van der Waals surface area (Å²) in [5.74, 6) is 0.718. The summed E-state index contributed by atoms with van der Waals surface area (Å²) in [4.78, 5) is 10.5. The molecule has 0 heterocycles. The van der Waals surface area contributed by atoms with Crippen LogP contribution in [0.15, 0.2) is 48.5 Å². The fourth-order valence-corrected chi connectivity index (χ4v) is 1.61. The lowest BCUT2D eigenvalue weighted by Crippen LogP contribution is -1.96. The molecule has 0 atom stereocenters. The largest absolute Gasteiger partial charge is 0.489 e. The third-order valence-electron chi connectivity index (χ3n) is 2.37. The SMILES string of the molecule is O=Cc1ccc(OCc2ccccc2Cl)cc1. The van der Waals surface area contributed by atoms with Crippen LogP contribution in [-0.4, -0.2) is 6.29 Å². The van der Waals surface area contributed by atoms with Gasteiger partial charge in [-0.2, -0.15) is 0 Å². The maximum Gasteiger partial charge on any atom is 0.150 e. The molecule has 17 heavy (non-hydrogen) atoms. The smallest absolute Gasteiger partial charge is 0.150 e. The molecule has 0 spiro atoms. The number of ether oxygens (including phenoxy) is 1. The molecule has 2 rings (SSSR count). The quantitative estimate of drug-likeness (QED) is 0.769. The number of carbonyl (C=O) groups excluding carboxylic acids is 1. The first-order chi connectivity index (χ1) is 8.29. The second-order valence-electron chi connectivity index (χ2n) is 3.57. The summed E-state index contributed by atoms with van der Waals surface area (Å²) in [5, 5.41) is 0.692. The summed E-state index contributed by atoms with van der Waals surface area (Å²) >= 11 is 6.01. The first-order valence-electron chi connectivity index (χ1n) is 5.21. The van der Waals surface area contributed by atoms with Crippen molar-refractivity contribution in [1.82, 2.24) is 0 Å². The van der Waals surface area contributed by atoms with E-state index in [2.05, 4.69) is 0 Å². The molecule has 0 fully saturated rings. The predicted molar refractivity (Wildman–Crippen MR) is 67.6 cm³/mol. The van der Waals surface area contributed by atoms with Crippen molar-refractivity contribution in [1.29, 1.82) is 0 Å². The van der Waals surface area contributed by atoms with E-state index in [0.717, 1.165) is 17.6 Å². The molecule has 0 amide bonds. The number of rotatable bonds is 4. The highest BCUT2D eigenvalue weighted by Gasteiger charge is 2.00. The Balaban J connectivity index is 2.02. The van der Waals surface area contributed by atoms with Crippen LogP contribution in [0.25, 0.3) is 0 Å². The molecule has 0 aromatic heterocycles. The summed E-state index contributed by atoms with van der Waals surface area (Å²) in [7, 11) is 0. The molecule has 3 heteroatoms. The molecule has 2 nitrogen and oxygen atoms in total. The molecule has 0 aliphatic heterocycles. The van der Waals surface area contributed by atoms with Crippen molar-refractivity contribution in [3.05, 3.63) is 64.7 Å². The normalized spacial score (nSPS) is 9.94. The van der Waals surface area contributed by atoms with Gasteiger partial charge in [-0.15, -0.1) is 0 Å². The van der Waals surface area contributed by atoms with Crippen LogP contribution >= 0.6 is 11.6 Å². The molecule has 0 bridgehead atoms. The second kappa shape index (κ2) is 5.51. The third-order valence-corrected chi connectivity index (χ3v) is 2.74. The van der Waals surface area contributed by atoms with Crippen molar-refractivity contribution < 1.29 is 9.53 Å². The van der Waals surface area contributed by atoms with E-state index in [1.165, 1.54) is 0 Å². The van der Waals surface area contributed by atoms with E-state index in [0.29, 0.717) is 17.2 Å². The summed E-state index contributed by atoms with van der Waals surface area (Å²) in [5.41, 5.74) is 1.57. The van der Waals surface area contributed by atoms with Gasteiger partial charge in [-0.3, -0.25) is 4.79 Å². The molecule has 0 saturated carbocycles. The van der Waals surface area contributed by atoms with Gasteiger partial charge in [-0.25, -0.2) is 0 Å². The van der Waals surface area contributed by atoms with Crippen LogP contribution in [0.2, 0.25) is 5.02 Å². The van der Waals surface area contributed by atoms with Gasteiger partial charge in [-0.1, -0.05) is 29.8 Å². The maximum absolute atomic E-state index is 10.5. The van der Waals surface area contributed by atoms with Gasteiger partial charge in [0.1, 0.15) is 18.6 Å². The maximum atomic E-state index is 10.5. The summed E-state index contributed by atoms with van der Waals surface area (Å²) in [6.07, 6.45) is 0.803. The topological polar surface area (TPSA) is 26.3 Å². The lowest BCUT2D eigenvalue weighted by atomic mass is 10.2. The summed E-state index contributed by atoms with van der Waals surface area (Å²) in [6.45, 7) is 0.417. The number of carbonyl (C=O) groups is 1. The van der Waals surface area contributed by atoms with Crippen LogP contribution in [-0.2, 0) is 6.61 Å². The monoisotopic (exact) mass is 246 g/mol. The van der Waals surface area contributed by atoms with Crippen molar-refractivity contribution in [2.24, 2.45) is 0 Å². The minimum absolute atomic E-state index is 0.417. The lowest BCUT2D eigenvalue weighted by molar-refractivity contribution is 0.112. The van der Waals surface area contributed by atoms with E-state index in [9.17, 15) is 4.79 Å². The van der Waals surface area contributed by atoms with E-state index >= 15 is 0 Å². The Labute approximate surface area is 105 Å². The molecule has 0 N–H and O–H groups in total. The minimum atomic E-state index is 0.417. The fraction of sp³-hybridized carbons (Fsp3) is 0.0714. The Morgan fingerprint density at radius 2 is 1.76 bits per heavy atom. The Morgan fingerprint density at radius 3 is 2.41 bits per heavy atom. The van der Waals surface area contributed by atoms with Crippen LogP contribution in [0, 0.1) is 0 Å². The Kier molecular flexibility index (Phi) is 3.78. The molecule has 0 aliphatic rings. The average molecular weight is 247 g/mol. The van der Waals surface area contributed by atoms with Gasteiger partial charge >= 0.3 is 0 Å². The first kappa shape index (κ1) is 11.7. The van der Waals surface area contributed by atoms with Gasteiger partial charge < -0.3 is 4.74 Å². The standard InChI is InChI=1S/C14H11ClO2/c15-14-4-2-1-3-12(14)10-17-13-7-5-11(9-16)6-8-13/h1-9H,10H2. The number of aldehydes is 1. The fourth-order valence-electron chi connectivity index (χ4n) is 1.42. The Bertz CT molecular complexity index is 506. The van der Waals surface area contributed by atoms with E-state index in [1.807, 2.05) is 24.3 Å². The van der Waals surface area contributed by atoms with Crippen LogP contribution in [0.5, 0.6) is 5.75 Å². The zero-order valence-electron chi connectivity index (χ0n) is 9.10. The van der Waals surface area contributed by atoms with Crippen molar-refractivity contribution in [3.63, 3.8) is 0 Å². The number of hydrogen-bond acceptors (Lipinski definition) is 2. The van der Waals surface area contributed by atoms with Crippen molar-refractivity contribution in [2.75, 3.05) is 0 Å². The van der Waals surface area contributed by atoms with E-state index in [1.54, 1.807) is 24.3 Å². The van der Waals surface area contributed by atoms with Gasteiger partial charge in [0.15, 0.2) is 0 Å². The molecule has 0 radical (unpaired) electrons. The molecule has 0 unspecified atom stereocenters. The number of halogens is 1. The highest BCUT2D eigenvalue weighted by atomic mass is 35.5. The van der Waals surface area contributed by atoms with Gasteiger partial charge in [-0.05, 0) is 30.3 Å². The Morgan fingerprint density at radius 1 is 1.06 bits per heavy atom. The highest BCUT2D eigenvalue weighted by Crippen LogP contribution is 2.18.